The van der Waals surface area contributed by atoms with Crippen LogP contribution in [0.5, 0.6) is 5.75 Å². The summed E-state index contributed by atoms with van der Waals surface area (Å²) in [5, 5.41) is 10.3. The standard InChI is InChI=1S/C18H14F3N3O3S2/c1-22-29(26,27)15-10-11(2-7-14(15)25)16-17(24-9-8-23-16)28-13-5-3-12(4-6-13)18(19,20)21/h2-10,22,25H,1H3. The number of halogens is 3. The predicted molar refractivity (Wildman–Crippen MR) is 101 cm³/mol. The number of benzene rings is 2. The first-order valence-corrected chi connectivity index (χ1v) is 10.3. The van der Waals surface area contributed by atoms with E-state index in [1.54, 1.807) is 0 Å². The van der Waals surface area contributed by atoms with Crippen molar-refractivity contribution in [1.82, 2.24) is 14.7 Å². The maximum atomic E-state index is 12.7. The highest BCUT2D eigenvalue weighted by Crippen LogP contribution is 2.37. The molecule has 0 aliphatic carbocycles. The number of alkyl halides is 3. The largest absolute Gasteiger partial charge is 0.507 e. The monoisotopic (exact) mass is 441 g/mol. The van der Waals surface area contributed by atoms with Gasteiger partial charge in [0.1, 0.15) is 21.4 Å². The molecule has 6 nitrogen and oxygen atoms in total. The molecule has 0 unspecified atom stereocenters. The maximum Gasteiger partial charge on any atom is 0.416 e. The first-order valence-electron chi connectivity index (χ1n) is 8.05. The Bertz CT molecular complexity index is 1140. The third-order valence-electron chi connectivity index (χ3n) is 3.85. The third kappa shape index (κ3) is 4.69. The van der Waals surface area contributed by atoms with E-state index in [1.165, 1.54) is 49.8 Å². The van der Waals surface area contributed by atoms with Crippen LogP contribution in [-0.2, 0) is 16.2 Å². The second-order valence-corrected chi connectivity index (χ2v) is 8.64. The molecule has 0 saturated carbocycles. The normalized spacial score (nSPS) is 12.1. The molecule has 0 saturated heterocycles. The fourth-order valence-electron chi connectivity index (χ4n) is 2.41. The van der Waals surface area contributed by atoms with Gasteiger partial charge in [0.15, 0.2) is 0 Å². The van der Waals surface area contributed by atoms with Crippen molar-refractivity contribution in [3.05, 3.63) is 60.4 Å². The van der Waals surface area contributed by atoms with Gasteiger partial charge in [0.2, 0.25) is 10.0 Å². The average molecular weight is 441 g/mol. The van der Waals surface area contributed by atoms with Gasteiger partial charge in [-0.1, -0.05) is 11.8 Å². The van der Waals surface area contributed by atoms with Crippen molar-refractivity contribution in [3.63, 3.8) is 0 Å². The number of aromatic hydroxyl groups is 1. The molecule has 2 N–H and O–H groups in total. The van der Waals surface area contributed by atoms with E-state index in [4.69, 9.17) is 0 Å². The number of phenolic OH excluding ortho intramolecular Hbond substituents is 1. The highest BCUT2D eigenvalue weighted by atomic mass is 32.2. The minimum atomic E-state index is -4.43. The molecule has 1 aromatic heterocycles. The highest BCUT2D eigenvalue weighted by molar-refractivity contribution is 7.99. The zero-order valence-electron chi connectivity index (χ0n) is 14.8. The fraction of sp³-hybridized carbons (Fsp3) is 0.111. The van der Waals surface area contributed by atoms with E-state index in [0.717, 1.165) is 23.9 Å². The van der Waals surface area contributed by atoms with Gasteiger partial charge < -0.3 is 5.11 Å². The van der Waals surface area contributed by atoms with Crippen molar-refractivity contribution in [3.8, 4) is 17.0 Å². The van der Waals surface area contributed by atoms with Gasteiger partial charge in [0, 0.05) is 22.9 Å². The lowest BCUT2D eigenvalue weighted by Gasteiger charge is -2.11. The zero-order valence-corrected chi connectivity index (χ0v) is 16.4. The lowest BCUT2D eigenvalue weighted by molar-refractivity contribution is -0.137. The van der Waals surface area contributed by atoms with Crippen LogP contribution in [0.2, 0.25) is 0 Å². The molecule has 0 fully saturated rings. The predicted octanol–water partition coefficient (Wildman–Crippen LogP) is 3.93. The van der Waals surface area contributed by atoms with Crippen LogP contribution in [0.25, 0.3) is 11.3 Å². The Morgan fingerprint density at radius 1 is 1.03 bits per heavy atom. The van der Waals surface area contributed by atoms with E-state index < -0.39 is 27.5 Å². The molecular formula is C18H14F3N3O3S2. The molecule has 0 bridgehead atoms. The lowest BCUT2D eigenvalue weighted by Crippen LogP contribution is -2.18. The van der Waals surface area contributed by atoms with Crippen LogP contribution >= 0.6 is 11.8 Å². The molecule has 0 aliphatic heterocycles. The lowest BCUT2D eigenvalue weighted by atomic mass is 10.1. The van der Waals surface area contributed by atoms with E-state index in [-0.39, 0.29) is 4.90 Å². The Kier molecular flexibility index (Phi) is 5.82. The zero-order chi connectivity index (χ0) is 21.2. The van der Waals surface area contributed by atoms with Crippen LogP contribution in [0.4, 0.5) is 13.2 Å². The summed E-state index contributed by atoms with van der Waals surface area (Å²) in [4.78, 5) is 8.60. The van der Waals surface area contributed by atoms with Gasteiger partial charge in [0.05, 0.1) is 5.56 Å². The molecule has 11 heteroatoms. The van der Waals surface area contributed by atoms with Gasteiger partial charge in [-0.2, -0.15) is 13.2 Å². The molecule has 0 radical (unpaired) electrons. The van der Waals surface area contributed by atoms with Crippen molar-refractivity contribution in [2.75, 3.05) is 7.05 Å². The van der Waals surface area contributed by atoms with E-state index in [2.05, 4.69) is 14.7 Å². The van der Waals surface area contributed by atoms with E-state index in [1.807, 2.05) is 0 Å². The first kappa shape index (κ1) is 21.1. The second-order valence-electron chi connectivity index (χ2n) is 5.72. The second kappa shape index (κ2) is 8.01. The minimum absolute atomic E-state index is 0.324. The molecule has 3 aromatic rings. The molecular weight excluding hydrogens is 427 g/mol. The van der Waals surface area contributed by atoms with Gasteiger partial charge in [0.25, 0.3) is 0 Å². The highest BCUT2D eigenvalue weighted by Gasteiger charge is 2.30. The first-order chi connectivity index (χ1) is 13.6. The molecule has 2 aromatic carbocycles. The van der Waals surface area contributed by atoms with E-state index >= 15 is 0 Å². The SMILES string of the molecule is CNS(=O)(=O)c1cc(-c2nccnc2Sc2ccc(C(F)(F)F)cc2)ccc1O. The topological polar surface area (TPSA) is 92.2 Å². The van der Waals surface area contributed by atoms with Gasteiger partial charge in [-0.3, -0.25) is 4.98 Å². The fourth-order valence-corrected chi connectivity index (χ4v) is 4.13. The molecule has 3 rings (SSSR count). The van der Waals surface area contributed by atoms with Crippen molar-refractivity contribution in [1.29, 1.82) is 0 Å². The van der Waals surface area contributed by atoms with E-state index in [9.17, 15) is 26.7 Å². The Morgan fingerprint density at radius 2 is 1.69 bits per heavy atom. The Labute approximate surface area is 168 Å². The van der Waals surface area contributed by atoms with Crippen LogP contribution in [0.1, 0.15) is 5.56 Å². The molecule has 29 heavy (non-hydrogen) atoms. The number of sulfonamides is 1. The number of aromatic nitrogens is 2. The number of phenols is 1. The summed E-state index contributed by atoms with van der Waals surface area (Å²) in [6.07, 6.45) is -1.60. The van der Waals surface area contributed by atoms with Crippen LogP contribution in [0, 0.1) is 0 Å². The summed E-state index contributed by atoms with van der Waals surface area (Å²) < 4.78 is 64.5. The van der Waals surface area contributed by atoms with Gasteiger partial charge in [-0.05, 0) is 49.5 Å². The summed E-state index contributed by atoms with van der Waals surface area (Å²) in [6.45, 7) is 0. The summed E-state index contributed by atoms with van der Waals surface area (Å²) >= 11 is 1.08. The molecule has 0 amide bonds. The Balaban J connectivity index is 1.99. The van der Waals surface area contributed by atoms with Gasteiger partial charge >= 0.3 is 6.18 Å². The quantitative estimate of drug-likeness (QED) is 0.624. The van der Waals surface area contributed by atoms with Crippen molar-refractivity contribution < 1.29 is 26.7 Å². The molecule has 0 spiro atoms. The molecule has 1 heterocycles. The molecule has 0 aliphatic rings. The minimum Gasteiger partial charge on any atom is -0.507 e. The van der Waals surface area contributed by atoms with Crippen LogP contribution in [-0.4, -0.2) is 30.5 Å². The van der Waals surface area contributed by atoms with Gasteiger partial charge in [-0.15, -0.1) is 0 Å². The Morgan fingerprint density at radius 3 is 2.31 bits per heavy atom. The van der Waals surface area contributed by atoms with Crippen LogP contribution in [0.3, 0.4) is 0 Å². The van der Waals surface area contributed by atoms with E-state index in [0.29, 0.717) is 21.2 Å². The third-order valence-corrected chi connectivity index (χ3v) is 6.30. The number of hydrogen-bond donors (Lipinski definition) is 2. The maximum absolute atomic E-state index is 12.7. The van der Waals surface area contributed by atoms with Crippen molar-refractivity contribution >= 4 is 21.8 Å². The van der Waals surface area contributed by atoms with Crippen molar-refractivity contribution in [2.24, 2.45) is 0 Å². The molecule has 152 valence electrons. The van der Waals surface area contributed by atoms with Crippen LogP contribution in [0.15, 0.2) is 69.7 Å². The number of nitrogens with one attached hydrogen (secondary N) is 1. The smallest absolute Gasteiger partial charge is 0.416 e. The summed E-state index contributed by atoms with van der Waals surface area (Å²) in [6, 6.07) is 8.53. The van der Waals surface area contributed by atoms with Gasteiger partial charge in [-0.25, -0.2) is 18.1 Å². The number of nitrogens with zero attached hydrogens (tertiary/aromatic N) is 2. The summed E-state index contributed by atoms with van der Waals surface area (Å²) in [5.74, 6) is -0.427. The number of hydrogen-bond acceptors (Lipinski definition) is 6. The summed E-state index contributed by atoms with van der Waals surface area (Å²) in [5.41, 5.74) is -0.0641. The summed E-state index contributed by atoms with van der Waals surface area (Å²) in [7, 11) is -2.69. The molecule has 0 atom stereocenters. The Hall–Kier alpha value is -2.63. The average Bonchev–Trinajstić information content (AvgIpc) is 2.68. The van der Waals surface area contributed by atoms with Crippen LogP contribution < -0.4 is 4.72 Å². The number of rotatable bonds is 5. The van der Waals surface area contributed by atoms with Crippen molar-refractivity contribution in [2.45, 2.75) is 21.0 Å².